The van der Waals surface area contributed by atoms with Crippen LogP contribution in [0.3, 0.4) is 0 Å². The molecule has 0 amide bonds. The van der Waals surface area contributed by atoms with Gasteiger partial charge in [-0.15, -0.1) is 0 Å². The van der Waals surface area contributed by atoms with E-state index >= 15 is 0 Å². The normalized spacial score (nSPS) is 13.3. The van der Waals surface area contributed by atoms with E-state index in [1.54, 1.807) is 0 Å². The summed E-state index contributed by atoms with van der Waals surface area (Å²) in [6.07, 6.45) is 52.8. The number of quaternary nitrogens is 1. The van der Waals surface area contributed by atoms with Crippen molar-refractivity contribution in [2.24, 2.45) is 0 Å². The van der Waals surface area contributed by atoms with E-state index in [2.05, 4.69) is 74.6 Å². The van der Waals surface area contributed by atoms with Gasteiger partial charge in [-0.3, -0.25) is 9.59 Å². The number of carboxylic acid groups (broad SMARTS) is 1. The van der Waals surface area contributed by atoms with Crippen LogP contribution in [-0.4, -0.2) is 87.4 Å². The molecule has 0 radical (unpaired) electrons. The fourth-order valence-electron chi connectivity index (χ4n) is 6.82. The molecule has 0 aliphatic carbocycles. The van der Waals surface area contributed by atoms with Crippen LogP contribution >= 0.6 is 0 Å². The second-order valence-electron chi connectivity index (χ2n) is 18.1. The van der Waals surface area contributed by atoms with Crippen molar-refractivity contribution in [1.82, 2.24) is 0 Å². The summed E-state index contributed by atoms with van der Waals surface area (Å²) < 4.78 is 22.8. The zero-order chi connectivity index (χ0) is 46.3. The molecule has 0 rings (SSSR count). The summed E-state index contributed by atoms with van der Waals surface area (Å²) in [6, 6.07) is 0. The van der Waals surface area contributed by atoms with Gasteiger partial charge in [0.2, 0.25) is 0 Å². The molecular formula is C54H96NO8+. The van der Waals surface area contributed by atoms with Gasteiger partial charge in [0.15, 0.2) is 6.10 Å². The van der Waals surface area contributed by atoms with Crippen LogP contribution in [0.1, 0.15) is 206 Å². The average molecular weight is 887 g/mol. The van der Waals surface area contributed by atoms with Gasteiger partial charge in [0.25, 0.3) is 6.29 Å². The Morgan fingerprint density at radius 3 is 1.35 bits per heavy atom. The first-order valence-electron chi connectivity index (χ1n) is 25.5. The minimum atomic E-state index is -1.51. The van der Waals surface area contributed by atoms with Gasteiger partial charge in [0, 0.05) is 12.8 Å². The predicted molar refractivity (Wildman–Crippen MR) is 263 cm³/mol. The Balaban J connectivity index is 4.36. The number of unbranched alkanes of at least 4 members (excludes halogenated alkanes) is 21. The third kappa shape index (κ3) is 46.8. The van der Waals surface area contributed by atoms with E-state index in [0.717, 1.165) is 70.6 Å². The molecule has 0 aliphatic heterocycles. The zero-order valence-electron chi connectivity index (χ0n) is 41.2. The Labute approximate surface area is 386 Å². The number of esters is 2. The molecule has 0 saturated heterocycles. The van der Waals surface area contributed by atoms with Gasteiger partial charge in [-0.1, -0.05) is 177 Å². The van der Waals surface area contributed by atoms with E-state index in [1.807, 2.05) is 21.1 Å². The van der Waals surface area contributed by atoms with Crippen LogP contribution < -0.4 is 0 Å². The van der Waals surface area contributed by atoms with E-state index in [0.29, 0.717) is 23.9 Å². The Morgan fingerprint density at radius 1 is 0.492 bits per heavy atom. The minimum Gasteiger partial charge on any atom is -0.477 e. The van der Waals surface area contributed by atoms with Crippen molar-refractivity contribution < 1.29 is 42.9 Å². The molecule has 0 heterocycles. The highest BCUT2D eigenvalue weighted by Crippen LogP contribution is 2.14. The summed E-state index contributed by atoms with van der Waals surface area (Å²) in [5, 5.41) is 9.67. The standard InChI is InChI=1S/C54H95NO8/c1-6-8-10-12-14-16-18-20-22-24-25-26-27-29-30-32-34-36-38-40-42-44-51(56)61-48-50(49-62-54(53(58)59)60-47-46-55(3,4)5)63-52(57)45-43-41-39-37-35-33-31-28-23-21-19-17-15-13-11-9-7-2/h9,11,15,17-18,20-21,23-25,50,54H,6-8,10,12-14,16,19,22,26-49H2,1-5H3/p+1/b11-9-,17-15-,20-18-,23-21-,25-24-. The second-order valence-corrected chi connectivity index (χ2v) is 18.1. The fraction of sp³-hybridized carbons (Fsp3) is 0.759. The van der Waals surface area contributed by atoms with Gasteiger partial charge < -0.3 is 28.5 Å². The minimum absolute atomic E-state index is 0.183. The van der Waals surface area contributed by atoms with Crippen molar-refractivity contribution in [3.8, 4) is 0 Å². The number of likely N-dealkylation sites (N-methyl/N-ethyl adjacent to an activating group) is 1. The molecule has 0 spiro atoms. The molecule has 0 aromatic heterocycles. The van der Waals surface area contributed by atoms with Crippen LogP contribution in [0.5, 0.6) is 0 Å². The summed E-state index contributed by atoms with van der Waals surface area (Å²) in [4.78, 5) is 37.3. The predicted octanol–water partition coefficient (Wildman–Crippen LogP) is 14.1. The van der Waals surface area contributed by atoms with Gasteiger partial charge in [-0.2, -0.15) is 0 Å². The van der Waals surface area contributed by atoms with Gasteiger partial charge in [0.05, 0.1) is 34.4 Å². The molecular weight excluding hydrogens is 791 g/mol. The van der Waals surface area contributed by atoms with Crippen LogP contribution in [0, 0.1) is 0 Å². The molecule has 9 heteroatoms. The van der Waals surface area contributed by atoms with E-state index in [1.165, 1.54) is 103 Å². The van der Waals surface area contributed by atoms with Crippen LogP contribution in [0.15, 0.2) is 60.8 Å². The van der Waals surface area contributed by atoms with E-state index in [4.69, 9.17) is 18.9 Å². The highest BCUT2D eigenvalue weighted by Gasteiger charge is 2.25. The number of rotatable bonds is 46. The maximum atomic E-state index is 12.8. The number of nitrogens with zero attached hydrogens (tertiary/aromatic N) is 1. The molecule has 364 valence electrons. The lowest BCUT2D eigenvalue weighted by Gasteiger charge is -2.25. The Kier molecular flexibility index (Phi) is 43.4. The zero-order valence-corrected chi connectivity index (χ0v) is 41.2. The third-order valence-electron chi connectivity index (χ3n) is 10.8. The topological polar surface area (TPSA) is 108 Å². The van der Waals surface area contributed by atoms with Gasteiger partial charge in [0.1, 0.15) is 13.2 Å². The number of carbonyl (C=O) groups is 3. The summed E-state index contributed by atoms with van der Waals surface area (Å²) in [6.45, 7) is 4.74. The van der Waals surface area contributed by atoms with E-state index in [9.17, 15) is 19.5 Å². The summed E-state index contributed by atoms with van der Waals surface area (Å²) in [5.41, 5.74) is 0. The fourth-order valence-corrected chi connectivity index (χ4v) is 6.82. The highest BCUT2D eigenvalue weighted by atomic mass is 16.7. The van der Waals surface area contributed by atoms with Crippen molar-refractivity contribution in [2.45, 2.75) is 219 Å². The summed E-state index contributed by atoms with van der Waals surface area (Å²) in [7, 11) is 5.95. The number of ether oxygens (including phenoxy) is 4. The molecule has 1 N–H and O–H groups in total. The van der Waals surface area contributed by atoms with Crippen LogP contribution in [0.25, 0.3) is 0 Å². The SMILES string of the molecule is CC/C=C\C/C=C\C/C=C\CCCCCCCCCC(=O)OC(COC(=O)CCCCCCCCCCC/C=C\C/C=C\CCCCCCC)COC(OCC[N+](C)(C)C)C(=O)O. The lowest BCUT2D eigenvalue weighted by Crippen LogP contribution is -2.40. The molecule has 2 atom stereocenters. The lowest BCUT2D eigenvalue weighted by atomic mass is 10.1. The summed E-state index contributed by atoms with van der Waals surface area (Å²) >= 11 is 0. The first-order valence-corrected chi connectivity index (χ1v) is 25.5. The smallest absolute Gasteiger partial charge is 0.361 e. The van der Waals surface area contributed by atoms with Gasteiger partial charge in [-0.25, -0.2) is 4.79 Å². The third-order valence-corrected chi connectivity index (χ3v) is 10.8. The van der Waals surface area contributed by atoms with Gasteiger partial charge in [-0.05, 0) is 77.0 Å². The monoisotopic (exact) mass is 887 g/mol. The largest absolute Gasteiger partial charge is 0.477 e. The quantitative estimate of drug-likeness (QED) is 0.0212. The number of hydrogen-bond acceptors (Lipinski definition) is 7. The number of allylic oxidation sites excluding steroid dienone is 10. The van der Waals surface area contributed by atoms with Crippen LogP contribution in [-0.2, 0) is 33.3 Å². The van der Waals surface area contributed by atoms with E-state index in [-0.39, 0.29) is 32.2 Å². The molecule has 63 heavy (non-hydrogen) atoms. The molecule has 2 unspecified atom stereocenters. The maximum absolute atomic E-state index is 12.8. The Bertz CT molecular complexity index is 1220. The number of aliphatic carboxylic acids is 1. The Hall–Kier alpha value is -3.01. The average Bonchev–Trinajstić information content (AvgIpc) is 3.24. The molecule has 0 saturated carbocycles. The number of carbonyl (C=O) groups excluding carboxylic acids is 2. The van der Waals surface area contributed by atoms with Crippen molar-refractivity contribution in [1.29, 1.82) is 0 Å². The Morgan fingerprint density at radius 2 is 0.905 bits per heavy atom. The second kappa shape index (κ2) is 45.6. The number of hydrogen-bond donors (Lipinski definition) is 1. The van der Waals surface area contributed by atoms with Crippen molar-refractivity contribution in [3.05, 3.63) is 60.8 Å². The number of carboxylic acids is 1. The summed E-state index contributed by atoms with van der Waals surface area (Å²) in [5.74, 6) is -2.03. The molecule has 0 bridgehead atoms. The van der Waals surface area contributed by atoms with Gasteiger partial charge >= 0.3 is 17.9 Å². The van der Waals surface area contributed by atoms with Crippen molar-refractivity contribution >= 4 is 17.9 Å². The molecule has 0 fully saturated rings. The molecule has 0 aromatic rings. The first-order chi connectivity index (χ1) is 30.6. The maximum Gasteiger partial charge on any atom is 0.361 e. The first kappa shape index (κ1) is 60.0. The van der Waals surface area contributed by atoms with E-state index < -0.39 is 24.3 Å². The van der Waals surface area contributed by atoms with Crippen molar-refractivity contribution in [3.63, 3.8) is 0 Å². The van der Waals surface area contributed by atoms with Crippen LogP contribution in [0.2, 0.25) is 0 Å². The molecule has 0 aliphatic rings. The molecule has 9 nitrogen and oxygen atoms in total. The lowest BCUT2D eigenvalue weighted by molar-refractivity contribution is -0.870. The van der Waals surface area contributed by atoms with Crippen molar-refractivity contribution in [2.75, 3.05) is 47.5 Å². The highest BCUT2D eigenvalue weighted by molar-refractivity contribution is 5.71. The molecule has 0 aromatic carbocycles. The van der Waals surface area contributed by atoms with Crippen LogP contribution in [0.4, 0.5) is 0 Å².